The van der Waals surface area contributed by atoms with Crippen LogP contribution in [0, 0.1) is 30.1 Å². The van der Waals surface area contributed by atoms with E-state index < -0.39 is 0 Å². The molecule has 1 N–H and O–H groups in total. The Bertz CT molecular complexity index is 518. The van der Waals surface area contributed by atoms with Crippen molar-refractivity contribution in [2.45, 2.75) is 65.0 Å². The van der Waals surface area contributed by atoms with E-state index in [9.17, 15) is 0 Å². The molecule has 0 saturated carbocycles. The van der Waals surface area contributed by atoms with Gasteiger partial charge in [0.05, 0.1) is 12.2 Å². The quantitative estimate of drug-likeness (QED) is 0.699. The van der Waals surface area contributed by atoms with E-state index >= 15 is 0 Å². The zero-order valence-electron chi connectivity index (χ0n) is 15.4. The molecule has 0 bridgehead atoms. The zero-order valence-corrected chi connectivity index (χ0v) is 15.4. The number of unbranched alkanes of at least 4 members (excludes halogenated alkanes) is 1. The van der Waals surface area contributed by atoms with Crippen LogP contribution in [-0.4, -0.2) is 19.3 Å². The number of nitrogens with one attached hydrogen (secondary N) is 1. The fourth-order valence-electron chi connectivity index (χ4n) is 3.68. The molecule has 0 aromatic heterocycles. The smallest absolute Gasteiger partial charge is 0.0638 e. The second-order valence-electron chi connectivity index (χ2n) is 7.40. The van der Waals surface area contributed by atoms with Crippen LogP contribution >= 0.6 is 0 Å². The van der Waals surface area contributed by atoms with Gasteiger partial charge in [-0.1, -0.05) is 43.7 Å². The van der Waals surface area contributed by atoms with Gasteiger partial charge in [0.1, 0.15) is 0 Å². The molecule has 2 rings (SSSR count). The van der Waals surface area contributed by atoms with E-state index in [1.54, 1.807) is 0 Å². The first-order chi connectivity index (χ1) is 11.6. The normalized spacial score (nSPS) is 22.3. The molecule has 0 unspecified atom stereocenters. The van der Waals surface area contributed by atoms with Crippen LogP contribution in [0.4, 0.5) is 0 Å². The molecule has 1 saturated heterocycles. The van der Waals surface area contributed by atoms with Crippen LogP contribution in [0.15, 0.2) is 24.3 Å². The van der Waals surface area contributed by atoms with Gasteiger partial charge in [-0.25, -0.2) is 0 Å². The van der Waals surface area contributed by atoms with Crippen LogP contribution < -0.4 is 5.32 Å². The maximum Gasteiger partial charge on any atom is 0.0638 e. The Labute approximate surface area is 147 Å². The first-order valence-electron chi connectivity index (χ1n) is 9.40. The molecule has 24 heavy (non-hydrogen) atoms. The van der Waals surface area contributed by atoms with Gasteiger partial charge >= 0.3 is 0 Å². The second-order valence-corrected chi connectivity index (χ2v) is 7.40. The van der Waals surface area contributed by atoms with Crippen LogP contribution in [0.5, 0.6) is 0 Å². The molecule has 1 heterocycles. The number of nitriles is 1. The van der Waals surface area contributed by atoms with Crippen LogP contribution in [0.2, 0.25) is 0 Å². The minimum absolute atomic E-state index is 0.327. The molecule has 3 atom stereocenters. The van der Waals surface area contributed by atoms with Crippen LogP contribution in [-0.2, 0) is 4.74 Å². The van der Waals surface area contributed by atoms with Crippen molar-refractivity contribution in [1.29, 1.82) is 5.26 Å². The molecule has 1 aliphatic rings. The number of hydrogen-bond donors (Lipinski definition) is 1. The van der Waals surface area contributed by atoms with Gasteiger partial charge in [-0.15, -0.1) is 0 Å². The molecule has 132 valence electrons. The van der Waals surface area contributed by atoms with E-state index in [1.165, 1.54) is 24.0 Å². The summed E-state index contributed by atoms with van der Waals surface area (Å²) in [5.41, 5.74) is 2.62. The second kappa shape index (κ2) is 9.81. The van der Waals surface area contributed by atoms with E-state index in [-0.39, 0.29) is 0 Å². The number of ether oxygens (including phenoxy) is 1. The average molecular weight is 329 g/mol. The molecule has 0 aliphatic carbocycles. The summed E-state index contributed by atoms with van der Waals surface area (Å²) in [7, 11) is 0. The van der Waals surface area contributed by atoms with E-state index in [1.807, 2.05) is 0 Å². The fourth-order valence-corrected chi connectivity index (χ4v) is 3.68. The van der Waals surface area contributed by atoms with Crippen molar-refractivity contribution in [1.82, 2.24) is 5.32 Å². The van der Waals surface area contributed by atoms with Gasteiger partial charge < -0.3 is 10.1 Å². The summed E-state index contributed by atoms with van der Waals surface area (Å²) in [6.07, 6.45) is 5.36. The number of hydrogen-bond acceptors (Lipinski definition) is 3. The standard InChI is InChI=1S/C21H32N2O/c1-16(2)21-19(7-6-14-24-21)15-23-20(8-4-5-13-22)18-11-9-17(3)10-12-18/h9-12,16,19-21,23H,4-8,14-15H2,1-3H3/t19-,20-,21-/m0/s1. The van der Waals surface area contributed by atoms with Crippen molar-refractivity contribution in [3.05, 3.63) is 35.4 Å². The summed E-state index contributed by atoms with van der Waals surface area (Å²) in [5, 5.41) is 12.6. The Hall–Kier alpha value is -1.37. The van der Waals surface area contributed by atoms with Crippen LogP contribution in [0.25, 0.3) is 0 Å². The summed E-state index contributed by atoms with van der Waals surface area (Å²) < 4.78 is 6.02. The lowest BCUT2D eigenvalue weighted by Gasteiger charge is -2.35. The van der Waals surface area contributed by atoms with Crippen molar-refractivity contribution in [3.63, 3.8) is 0 Å². The largest absolute Gasteiger partial charge is 0.378 e. The third-order valence-corrected chi connectivity index (χ3v) is 5.04. The first kappa shape index (κ1) is 19.0. The zero-order chi connectivity index (χ0) is 17.4. The van der Waals surface area contributed by atoms with E-state index in [0.717, 1.165) is 26.0 Å². The molecule has 0 spiro atoms. The van der Waals surface area contributed by atoms with Crippen molar-refractivity contribution < 1.29 is 4.74 Å². The highest BCUT2D eigenvalue weighted by atomic mass is 16.5. The maximum absolute atomic E-state index is 8.83. The van der Waals surface area contributed by atoms with Crippen molar-refractivity contribution in [2.75, 3.05) is 13.2 Å². The summed E-state index contributed by atoms with van der Waals surface area (Å²) in [5.74, 6) is 1.15. The molecule has 1 fully saturated rings. The predicted octanol–water partition coefficient (Wildman–Crippen LogP) is 4.77. The highest BCUT2D eigenvalue weighted by Crippen LogP contribution is 2.27. The van der Waals surface area contributed by atoms with Crippen molar-refractivity contribution in [2.24, 2.45) is 11.8 Å². The summed E-state index contributed by atoms with van der Waals surface area (Å²) in [6, 6.07) is 11.4. The van der Waals surface area contributed by atoms with Crippen molar-refractivity contribution in [3.8, 4) is 6.07 Å². The summed E-state index contributed by atoms with van der Waals surface area (Å²) in [6.45, 7) is 8.53. The van der Waals surface area contributed by atoms with Gasteiger partial charge in [-0.05, 0) is 50.0 Å². The van der Waals surface area contributed by atoms with Gasteiger partial charge in [0.2, 0.25) is 0 Å². The number of benzene rings is 1. The molecular formula is C21H32N2O. The maximum atomic E-state index is 8.83. The third kappa shape index (κ3) is 5.61. The average Bonchev–Trinajstić information content (AvgIpc) is 2.59. The Kier molecular flexibility index (Phi) is 7.75. The summed E-state index contributed by atoms with van der Waals surface area (Å²) in [4.78, 5) is 0. The topological polar surface area (TPSA) is 45.0 Å². The van der Waals surface area contributed by atoms with Gasteiger partial charge in [0, 0.05) is 25.6 Å². The molecule has 0 amide bonds. The van der Waals surface area contributed by atoms with E-state index in [4.69, 9.17) is 10.00 Å². The van der Waals surface area contributed by atoms with Gasteiger partial charge in [-0.3, -0.25) is 0 Å². The Balaban J connectivity index is 1.98. The molecular weight excluding hydrogens is 296 g/mol. The highest BCUT2D eigenvalue weighted by molar-refractivity contribution is 5.24. The number of nitrogens with zero attached hydrogens (tertiary/aromatic N) is 1. The molecule has 3 nitrogen and oxygen atoms in total. The van der Waals surface area contributed by atoms with Crippen LogP contribution in [0.1, 0.15) is 63.1 Å². The monoisotopic (exact) mass is 328 g/mol. The van der Waals surface area contributed by atoms with E-state index in [0.29, 0.717) is 30.4 Å². The van der Waals surface area contributed by atoms with E-state index in [2.05, 4.69) is 56.4 Å². The lowest BCUT2D eigenvalue weighted by Crippen LogP contribution is -2.40. The SMILES string of the molecule is Cc1ccc([C@H](CCCC#N)NC[C@@H]2CCCO[C@H]2C(C)C)cc1. The number of aryl methyl sites for hydroxylation is 1. The molecule has 1 aromatic carbocycles. The fraction of sp³-hybridized carbons (Fsp3) is 0.667. The van der Waals surface area contributed by atoms with Crippen LogP contribution in [0.3, 0.4) is 0 Å². The van der Waals surface area contributed by atoms with Gasteiger partial charge in [0.25, 0.3) is 0 Å². The van der Waals surface area contributed by atoms with Gasteiger partial charge in [0.15, 0.2) is 0 Å². The Morgan fingerprint density at radius 2 is 2.04 bits per heavy atom. The summed E-state index contributed by atoms with van der Waals surface area (Å²) >= 11 is 0. The molecule has 1 aromatic rings. The first-order valence-corrected chi connectivity index (χ1v) is 9.40. The Morgan fingerprint density at radius 3 is 2.71 bits per heavy atom. The predicted molar refractivity (Wildman–Crippen MR) is 98.7 cm³/mol. The third-order valence-electron chi connectivity index (χ3n) is 5.04. The molecule has 0 radical (unpaired) electrons. The Morgan fingerprint density at radius 1 is 1.29 bits per heavy atom. The van der Waals surface area contributed by atoms with Crippen molar-refractivity contribution >= 4 is 0 Å². The number of rotatable bonds is 8. The lowest BCUT2D eigenvalue weighted by atomic mass is 9.87. The highest BCUT2D eigenvalue weighted by Gasteiger charge is 2.28. The molecule has 3 heteroatoms. The lowest BCUT2D eigenvalue weighted by molar-refractivity contribution is -0.0522. The minimum Gasteiger partial charge on any atom is -0.378 e. The minimum atomic E-state index is 0.327. The van der Waals surface area contributed by atoms with Gasteiger partial charge in [-0.2, -0.15) is 5.26 Å². The molecule has 1 aliphatic heterocycles.